The molecular formula is C14H19N5S. The summed E-state index contributed by atoms with van der Waals surface area (Å²) in [5, 5.41) is 7.60. The first-order chi connectivity index (χ1) is 9.70. The van der Waals surface area contributed by atoms with Crippen LogP contribution in [0.2, 0.25) is 0 Å². The maximum Gasteiger partial charge on any atom is 0.188 e. The van der Waals surface area contributed by atoms with Crippen molar-refractivity contribution in [1.29, 1.82) is 0 Å². The highest BCUT2D eigenvalue weighted by Crippen LogP contribution is 2.25. The molecule has 1 aliphatic rings. The molecule has 106 valence electrons. The van der Waals surface area contributed by atoms with Gasteiger partial charge in [0.2, 0.25) is 0 Å². The van der Waals surface area contributed by atoms with Crippen molar-refractivity contribution >= 4 is 22.3 Å². The second kappa shape index (κ2) is 5.85. The first-order valence-corrected chi connectivity index (χ1v) is 7.78. The predicted octanol–water partition coefficient (Wildman–Crippen LogP) is 2.76. The fourth-order valence-electron chi connectivity index (χ4n) is 2.49. The van der Waals surface area contributed by atoms with Crippen LogP contribution in [0.25, 0.3) is 0 Å². The molecule has 2 N–H and O–H groups in total. The van der Waals surface area contributed by atoms with Gasteiger partial charge in [0, 0.05) is 29.6 Å². The van der Waals surface area contributed by atoms with Crippen molar-refractivity contribution in [2.24, 2.45) is 0 Å². The zero-order valence-electron chi connectivity index (χ0n) is 11.8. The molecule has 0 radical (unpaired) electrons. The summed E-state index contributed by atoms with van der Waals surface area (Å²) in [5.74, 6) is 2.14. The number of aryl methyl sites for hydroxylation is 2. The minimum atomic E-state index is 0.490. The van der Waals surface area contributed by atoms with Crippen molar-refractivity contribution in [3.63, 3.8) is 0 Å². The zero-order chi connectivity index (χ0) is 13.9. The van der Waals surface area contributed by atoms with Crippen molar-refractivity contribution in [2.45, 2.75) is 32.6 Å². The molecule has 0 amide bonds. The van der Waals surface area contributed by atoms with Gasteiger partial charge in [0.05, 0.1) is 5.69 Å². The number of rotatable bonds is 3. The van der Waals surface area contributed by atoms with E-state index in [0.717, 1.165) is 35.6 Å². The van der Waals surface area contributed by atoms with Crippen LogP contribution in [0.3, 0.4) is 0 Å². The summed E-state index contributed by atoms with van der Waals surface area (Å²) in [6, 6.07) is 2.06. The molecule has 0 spiro atoms. The van der Waals surface area contributed by atoms with E-state index in [1.807, 2.05) is 20.0 Å². The standard InChI is InChI=1S/C14H19N5S/c1-9-7-16-14(20-9)19-13-6-12(17-10(2)18-13)11-4-3-5-15-8-11/h6-7,11,15H,3-5,8H2,1-2H3,(H,16,17,18,19)/t11-/m0/s1. The minimum Gasteiger partial charge on any atom is -0.316 e. The van der Waals surface area contributed by atoms with Gasteiger partial charge in [0.1, 0.15) is 11.6 Å². The first kappa shape index (κ1) is 13.5. The Balaban J connectivity index is 1.82. The van der Waals surface area contributed by atoms with E-state index >= 15 is 0 Å². The van der Waals surface area contributed by atoms with Gasteiger partial charge in [-0.15, -0.1) is 11.3 Å². The van der Waals surface area contributed by atoms with Crippen molar-refractivity contribution in [2.75, 3.05) is 18.4 Å². The quantitative estimate of drug-likeness (QED) is 0.909. The van der Waals surface area contributed by atoms with E-state index < -0.39 is 0 Å². The maximum absolute atomic E-state index is 4.60. The van der Waals surface area contributed by atoms with Crippen molar-refractivity contribution in [3.05, 3.63) is 28.7 Å². The Hall–Kier alpha value is -1.53. The highest BCUT2D eigenvalue weighted by atomic mass is 32.1. The number of hydrogen-bond acceptors (Lipinski definition) is 6. The van der Waals surface area contributed by atoms with Crippen LogP contribution in [0.1, 0.15) is 35.2 Å². The molecule has 2 aromatic rings. The van der Waals surface area contributed by atoms with Crippen LogP contribution in [-0.2, 0) is 0 Å². The minimum absolute atomic E-state index is 0.490. The molecule has 0 bridgehead atoms. The number of anilines is 2. The Kier molecular flexibility index (Phi) is 3.93. The zero-order valence-corrected chi connectivity index (χ0v) is 12.6. The van der Waals surface area contributed by atoms with Gasteiger partial charge in [0.25, 0.3) is 0 Å². The fourth-order valence-corrected chi connectivity index (χ4v) is 3.16. The van der Waals surface area contributed by atoms with Crippen LogP contribution in [0.5, 0.6) is 0 Å². The lowest BCUT2D eigenvalue weighted by atomic mass is 9.96. The van der Waals surface area contributed by atoms with Crippen molar-refractivity contribution < 1.29 is 0 Å². The second-order valence-electron chi connectivity index (χ2n) is 5.17. The van der Waals surface area contributed by atoms with E-state index in [0.29, 0.717) is 5.92 Å². The summed E-state index contributed by atoms with van der Waals surface area (Å²) < 4.78 is 0. The third-order valence-electron chi connectivity index (χ3n) is 3.43. The van der Waals surface area contributed by atoms with E-state index in [1.165, 1.54) is 17.7 Å². The monoisotopic (exact) mass is 289 g/mol. The third kappa shape index (κ3) is 3.13. The van der Waals surface area contributed by atoms with Gasteiger partial charge in [-0.2, -0.15) is 0 Å². The highest BCUT2D eigenvalue weighted by Gasteiger charge is 2.18. The molecule has 20 heavy (non-hydrogen) atoms. The Bertz CT molecular complexity index is 589. The third-order valence-corrected chi connectivity index (χ3v) is 4.26. The Morgan fingerprint density at radius 2 is 2.25 bits per heavy atom. The Morgan fingerprint density at radius 1 is 1.35 bits per heavy atom. The van der Waals surface area contributed by atoms with Gasteiger partial charge < -0.3 is 10.6 Å². The van der Waals surface area contributed by atoms with Gasteiger partial charge in [0.15, 0.2) is 5.13 Å². The normalized spacial score (nSPS) is 19.0. The second-order valence-corrected chi connectivity index (χ2v) is 6.40. The number of nitrogens with zero attached hydrogens (tertiary/aromatic N) is 3. The topological polar surface area (TPSA) is 62.7 Å². The van der Waals surface area contributed by atoms with E-state index in [2.05, 4.69) is 31.7 Å². The van der Waals surface area contributed by atoms with Crippen LogP contribution < -0.4 is 10.6 Å². The first-order valence-electron chi connectivity index (χ1n) is 6.96. The molecule has 1 fully saturated rings. The van der Waals surface area contributed by atoms with E-state index in [9.17, 15) is 0 Å². The average molecular weight is 289 g/mol. The van der Waals surface area contributed by atoms with Gasteiger partial charge in [-0.3, -0.25) is 0 Å². The molecule has 1 aliphatic heterocycles. The molecule has 3 rings (SSSR count). The van der Waals surface area contributed by atoms with Gasteiger partial charge in [-0.05, 0) is 33.2 Å². The van der Waals surface area contributed by atoms with Crippen molar-refractivity contribution in [1.82, 2.24) is 20.3 Å². The smallest absolute Gasteiger partial charge is 0.188 e. The van der Waals surface area contributed by atoms with Gasteiger partial charge in [-0.25, -0.2) is 15.0 Å². The van der Waals surface area contributed by atoms with Gasteiger partial charge in [-0.1, -0.05) is 0 Å². The van der Waals surface area contributed by atoms with Crippen LogP contribution in [0.4, 0.5) is 10.9 Å². The lowest BCUT2D eigenvalue weighted by Crippen LogP contribution is -2.29. The van der Waals surface area contributed by atoms with Crippen molar-refractivity contribution in [3.8, 4) is 0 Å². The van der Waals surface area contributed by atoms with E-state index in [1.54, 1.807) is 11.3 Å². The van der Waals surface area contributed by atoms with E-state index in [-0.39, 0.29) is 0 Å². The molecule has 0 aliphatic carbocycles. The average Bonchev–Trinajstić information content (AvgIpc) is 2.84. The predicted molar refractivity (Wildman–Crippen MR) is 81.7 cm³/mol. The largest absolute Gasteiger partial charge is 0.316 e. The summed E-state index contributed by atoms with van der Waals surface area (Å²) in [4.78, 5) is 14.6. The lowest BCUT2D eigenvalue weighted by molar-refractivity contribution is 0.453. The number of thiazole rings is 1. The van der Waals surface area contributed by atoms with E-state index in [4.69, 9.17) is 0 Å². The molecule has 0 aromatic carbocycles. The van der Waals surface area contributed by atoms with Crippen LogP contribution >= 0.6 is 11.3 Å². The Labute approximate surface area is 122 Å². The number of nitrogens with one attached hydrogen (secondary N) is 2. The molecule has 5 nitrogen and oxygen atoms in total. The number of hydrogen-bond donors (Lipinski definition) is 2. The van der Waals surface area contributed by atoms with Gasteiger partial charge >= 0.3 is 0 Å². The molecular weight excluding hydrogens is 270 g/mol. The Morgan fingerprint density at radius 3 is 2.95 bits per heavy atom. The molecule has 6 heteroatoms. The SMILES string of the molecule is Cc1nc(Nc2ncc(C)s2)cc([C@H]2CCCNC2)n1. The molecule has 1 atom stereocenters. The summed E-state index contributed by atoms with van der Waals surface area (Å²) >= 11 is 1.63. The molecule has 1 saturated heterocycles. The summed E-state index contributed by atoms with van der Waals surface area (Å²) in [7, 11) is 0. The summed E-state index contributed by atoms with van der Waals surface area (Å²) in [5.41, 5.74) is 1.13. The summed E-state index contributed by atoms with van der Waals surface area (Å²) in [6.07, 6.45) is 4.27. The molecule has 2 aromatic heterocycles. The number of aromatic nitrogens is 3. The molecule has 0 unspecified atom stereocenters. The molecule has 3 heterocycles. The summed E-state index contributed by atoms with van der Waals surface area (Å²) in [6.45, 7) is 6.11. The van der Waals surface area contributed by atoms with Crippen LogP contribution in [-0.4, -0.2) is 28.0 Å². The maximum atomic E-state index is 4.60. The lowest BCUT2D eigenvalue weighted by Gasteiger charge is -2.22. The van der Waals surface area contributed by atoms with Crippen LogP contribution in [0.15, 0.2) is 12.3 Å². The number of piperidine rings is 1. The van der Waals surface area contributed by atoms with Crippen LogP contribution in [0, 0.1) is 13.8 Å². The fraction of sp³-hybridized carbons (Fsp3) is 0.500. The highest BCUT2D eigenvalue weighted by molar-refractivity contribution is 7.15. The molecule has 0 saturated carbocycles.